The Balaban J connectivity index is 1.68. The highest BCUT2D eigenvalue weighted by Gasteiger charge is 2.30. The van der Waals surface area contributed by atoms with Crippen molar-refractivity contribution in [1.82, 2.24) is 24.5 Å². The molecule has 3 heterocycles. The summed E-state index contributed by atoms with van der Waals surface area (Å²) in [6, 6.07) is 8.02. The summed E-state index contributed by atoms with van der Waals surface area (Å²) in [6.07, 6.45) is 0.289. The van der Waals surface area contributed by atoms with Crippen LogP contribution in [0.25, 0.3) is 22.7 Å². The molecule has 0 aliphatic heterocycles. The summed E-state index contributed by atoms with van der Waals surface area (Å²) in [5.41, 5.74) is 0.755. The largest absolute Gasteiger partial charge is 0.475 e. The van der Waals surface area contributed by atoms with Crippen LogP contribution < -0.4 is 5.32 Å². The number of halogens is 4. The maximum atomic E-state index is 13.1. The van der Waals surface area contributed by atoms with E-state index in [1.54, 1.807) is 16.7 Å². The molecule has 1 aliphatic carbocycles. The van der Waals surface area contributed by atoms with Gasteiger partial charge in [0.05, 0.1) is 5.56 Å². The summed E-state index contributed by atoms with van der Waals surface area (Å²) in [6.45, 7) is 2.12. The van der Waals surface area contributed by atoms with E-state index in [9.17, 15) is 23.1 Å². The van der Waals surface area contributed by atoms with E-state index in [1.807, 2.05) is 6.92 Å². The third-order valence-electron chi connectivity index (χ3n) is 6.59. The Morgan fingerprint density at radius 3 is 2.51 bits per heavy atom. The van der Waals surface area contributed by atoms with E-state index in [4.69, 9.17) is 11.6 Å². The number of hydrogen-bond acceptors (Lipinski definition) is 6. The molecule has 0 radical (unpaired) electrons. The average Bonchev–Trinajstić information content (AvgIpc) is 3.16. The molecule has 1 fully saturated rings. The first-order chi connectivity index (χ1) is 17.6. The Morgan fingerprint density at radius 2 is 1.92 bits per heavy atom. The van der Waals surface area contributed by atoms with Crippen LogP contribution in [0.1, 0.15) is 47.9 Å². The second kappa shape index (κ2) is 9.62. The van der Waals surface area contributed by atoms with Crippen LogP contribution in [0.3, 0.4) is 0 Å². The normalized spacial score (nSPS) is 14.9. The average molecular weight is 531 g/mol. The Kier molecular flexibility index (Phi) is 6.49. The molecule has 0 amide bonds. The fourth-order valence-corrected chi connectivity index (χ4v) is 4.52. The van der Waals surface area contributed by atoms with E-state index in [2.05, 4.69) is 25.3 Å². The Labute approximate surface area is 214 Å². The van der Waals surface area contributed by atoms with E-state index < -0.39 is 23.5 Å². The number of carbonyl (C=O) groups is 1. The van der Waals surface area contributed by atoms with Gasteiger partial charge in [0.25, 0.3) is 0 Å². The summed E-state index contributed by atoms with van der Waals surface area (Å²) in [7, 11) is 0. The zero-order valence-corrected chi connectivity index (χ0v) is 20.4. The molecule has 1 saturated carbocycles. The molecule has 4 aromatic rings. The molecule has 0 saturated heterocycles. The van der Waals surface area contributed by atoms with Crippen LogP contribution in [0.4, 0.5) is 19.0 Å². The molecule has 8 nitrogen and oxygen atoms in total. The van der Waals surface area contributed by atoms with Gasteiger partial charge in [-0.1, -0.05) is 30.2 Å². The third kappa shape index (κ3) is 5.08. The number of carboxylic acid groups (broad SMARTS) is 1. The van der Waals surface area contributed by atoms with Gasteiger partial charge in [-0.05, 0) is 55.5 Å². The van der Waals surface area contributed by atoms with Gasteiger partial charge in [-0.3, -0.25) is 4.98 Å². The summed E-state index contributed by atoms with van der Waals surface area (Å²) in [5, 5.41) is 13.4. The highest BCUT2D eigenvalue weighted by atomic mass is 35.5. The van der Waals surface area contributed by atoms with Crippen LogP contribution in [0.15, 0.2) is 42.6 Å². The maximum absolute atomic E-state index is 13.1. The van der Waals surface area contributed by atoms with Crippen molar-refractivity contribution in [1.29, 1.82) is 0 Å². The van der Waals surface area contributed by atoms with Gasteiger partial charge >= 0.3 is 12.1 Å². The minimum Gasteiger partial charge on any atom is -0.475 e. The lowest BCUT2D eigenvalue weighted by atomic mass is 9.80. The molecule has 5 rings (SSSR count). The number of nitrogens with one attached hydrogen (secondary N) is 1. The van der Waals surface area contributed by atoms with E-state index in [0.717, 1.165) is 31.4 Å². The first kappa shape index (κ1) is 24.9. The Hall–Kier alpha value is -3.73. The number of pyridine rings is 1. The SMILES string of the molecule is CC(Nc1nc(C(=O)O)nc2nc(-c3cc(Cl)ccn3)n(Cc3ccc(C(F)(F)F)cc3)c12)C1CCC1. The number of aromatic nitrogens is 5. The van der Waals surface area contributed by atoms with Gasteiger partial charge in [0.2, 0.25) is 5.82 Å². The lowest BCUT2D eigenvalue weighted by Crippen LogP contribution is -2.31. The van der Waals surface area contributed by atoms with Crippen molar-refractivity contribution in [3.63, 3.8) is 0 Å². The molecule has 1 unspecified atom stereocenters. The minimum absolute atomic E-state index is 0.00987. The highest BCUT2D eigenvalue weighted by molar-refractivity contribution is 6.30. The van der Waals surface area contributed by atoms with Crippen LogP contribution in [-0.4, -0.2) is 41.6 Å². The fourth-order valence-electron chi connectivity index (χ4n) is 4.36. The molecule has 1 aromatic carbocycles. The number of hydrogen-bond donors (Lipinski definition) is 2. The van der Waals surface area contributed by atoms with Crippen molar-refractivity contribution >= 4 is 34.6 Å². The van der Waals surface area contributed by atoms with E-state index in [1.165, 1.54) is 18.3 Å². The maximum Gasteiger partial charge on any atom is 0.416 e. The number of anilines is 1. The van der Waals surface area contributed by atoms with Crippen molar-refractivity contribution in [2.45, 2.75) is 44.9 Å². The zero-order valence-electron chi connectivity index (χ0n) is 19.6. The number of nitrogens with zero attached hydrogens (tertiary/aromatic N) is 5. The first-order valence-electron chi connectivity index (χ1n) is 11.7. The minimum atomic E-state index is -4.45. The quantitative estimate of drug-likeness (QED) is 0.306. The number of alkyl halides is 3. The summed E-state index contributed by atoms with van der Waals surface area (Å²) < 4.78 is 41.0. The second-order valence-electron chi connectivity index (χ2n) is 9.07. The lowest BCUT2D eigenvalue weighted by molar-refractivity contribution is -0.137. The molecule has 0 bridgehead atoms. The number of aromatic carboxylic acids is 1. The van der Waals surface area contributed by atoms with E-state index >= 15 is 0 Å². The van der Waals surface area contributed by atoms with Crippen molar-refractivity contribution in [3.05, 3.63) is 64.6 Å². The standard InChI is InChI=1S/C25H22ClF3N6O2/c1-13(15-3-2-4-15)31-20-19-21(33-22(32-20)24(36)37)34-23(18-11-17(26)9-10-30-18)35(19)12-14-5-7-16(8-6-14)25(27,28)29/h5-11,13,15H,2-4,12H2,1H3,(H,36,37)(H,31,32,33). The van der Waals surface area contributed by atoms with Crippen LogP contribution >= 0.6 is 11.6 Å². The Morgan fingerprint density at radius 1 is 1.19 bits per heavy atom. The molecule has 1 aliphatic rings. The van der Waals surface area contributed by atoms with Gasteiger partial charge in [0.1, 0.15) is 11.2 Å². The molecule has 2 N–H and O–H groups in total. The molecule has 192 valence electrons. The van der Waals surface area contributed by atoms with Gasteiger partial charge in [0, 0.05) is 23.8 Å². The van der Waals surface area contributed by atoms with Crippen molar-refractivity contribution in [2.24, 2.45) is 5.92 Å². The monoisotopic (exact) mass is 530 g/mol. The molecule has 3 aromatic heterocycles. The third-order valence-corrected chi connectivity index (χ3v) is 6.82. The van der Waals surface area contributed by atoms with Crippen LogP contribution in [0, 0.1) is 5.92 Å². The number of rotatable bonds is 7. The van der Waals surface area contributed by atoms with Crippen LogP contribution in [0.2, 0.25) is 5.02 Å². The fraction of sp³-hybridized carbons (Fsp3) is 0.320. The smallest absolute Gasteiger partial charge is 0.416 e. The predicted molar refractivity (Wildman–Crippen MR) is 131 cm³/mol. The van der Waals surface area contributed by atoms with Crippen LogP contribution in [-0.2, 0) is 12.7 Å². The van der Waals surface area contributed by atoms with Gasteiger partial charge in [0.15, 0.2) is 17.3 Å². The number of fused-ring (bicyclic) bond motifs is 1. The lowest BCUT2D eigenvalue weighted by Gasteiger charge is -2.32. The Bertz CT molecular complexity index is 1470. The molecule has 0 spiro atoms. The molecular weight excluding hydrogens is 509 g/mol. The molecular formula is C25H22ClF3N6O2. The van der Waals surface area contributed by atoms with E-state index in [0.29, 0.717) is 33.5 Å². The first-order valence-corrected chi connectivity index (χ1v) is 12.0. The summed E-state index contributed by atoms with van der Waals surface area (Å²) >= 11 is 6.19. The molecule has 12 heteroatoms. The van der Waals surface area contributed by atoms with Gasteiger partial charge < -0.3 is 15.0 Å². The van der Waals surface area contributed by atoms with Gasteiger partial charge in [-0.25, -0.2) is 19.7 Å². The number of imidazole rings is 1. The number of carboxylic acids is 1. The van der Waals surface area contributed by atoms with Crippen molar-refractivity contribution in [2.75, 3.05) is 5.32 Å². The summed E-state index contributed by atoms with van der Waals surface area (Å²) in [5.74, 6) is -0.691. The van der Waals surface area contributed by atoms with Crippen molar-refractivity contribution < 1.29 is 23.1 Å². The van der Waals surface area contributed by atoms with E-state index in [-0.39, 0.29) is 24.1 Å². The zero-order chi connectivity index (χ0) is 26.3. The van der Waals surface area contributed by atoms with Gasteiger partial charge in [-0.15, -0.1) is 0 Å². The topological polar surface area (TPSA) is 106 Å². The molecule has 1 atom stereocenters. The van der Waals surface area contributed by atoms with Crippen LogP contribution in [0.5, 0.6) is 0 Å². The summed E-state index contributed by atoms with van der Waals surface area (Å²) in [4.78, 5) is 29.1. The van der Waals surface area contributed by atoms with Gasteiger partial charge in [-0.2, -0.15) is 13.2 Å². The van der Waals surface area contributed by atoms with Crippen molar-refractivity contribution in [3.8, 4) is 11.5 Å². The highest BCUT2D eigenvalue weighted by Crippen LogP contribution is 2.34. The number of benzene rings is 1. The second-order valence-corrected chi connectivity index (χ2v) is 9.51. The molecule has 37 heavy (non-hydrogen) atoms. The predicted octanol–water partition coefficient (Wildman–Crippen LogP) is 5.91.